The molecule has 0 saturated heterocycles. The van der Waals surface area contributed by atoms with E-state index in [0.717, 1.165) is 25.7 Å². The Kier molecular flexibility index (Phi) is 6.72. The normalized spacial score (nSPS) is 17.9. The van der Waals surface area contributed by atoms with Gasteiger partial charge in [0.05, 0.1) is 40.5 Å². The summed E-state index contributed by atoms with van der Waals surface area (Å²) in [7, 11) is 1.66. The van der Waals surface area contributed by atoms with Gasteiger partial charge in [0.25, 0.3) is 5.91 Å². The van der Waals surface area contributed by atoms with E-state index in [4.69, 9.17) is 5.26 Å². The Hall–Kier alpha value is -4.00. The van der Waals surface area contributed by atoms with Crippen molar-refractivity contribution in [3.8, 4) is 17.3 Å². The Morgan fingerprint density at radius 2 is 1.91 bits per heavy atom. The van der Waals surface area contributed by atoms with Crippen molar-refractivity contribution in [1.29, 1.82) is 5.26 Å². The molecule has 1 aliphatic rings. The Morgan fingerprint density at radius 1 is 1.15 bits per heavy atom. The lowest BCUT2D eigenvalue weighted by Crippen LogP contribution is -2.40. The fraction of sp³-hybridized carbons (Fsp3) is 0.417. The maximum Gasteiger partial charge on any atom is 0.255 e. The van der Waals surface area contributed by atoms with Crippen molar-refractivity contribution in [2.75, 3.05) is 12.4 Å². The number of hydrogen-bond donors (Lipinski definition) is 3. The van der Waals surface area contributed by atoms with E-state index < -0.39 is 0 Å². The number of amides is 2. The Bertz CT molecular complexity index is 1250. The highest BCUT2D eigenvalue weighted by Gasteiger charge is 2.27. The summed E-state index contributed by atoms with van der Waals surface area (Å²) in [6.07, 6.45) is 9.37. The molecule has 0 radical (unpaired) electrons. The van der Waals surface area contributed by atoms with E-state index in [9.17, 15) is 9.59 Å². The van der Waals surface area contributed by atoms with Gasteiger partial charge in [-0.2, -0.15) is 10.4 Å². The van der Waals surface area contributed by atoms with Crippen molar-refractivity contribution in [1.82, 2.24) is 30.2 Å². The molecule has 0 bridgehead atoms. The maximum atomic E-state index is 13.1. The SMILES string of the molecule is CNC(=O)C1CCC(NC(=O)c2cnc(-c3cnn4cc(C#N)cnc34)cc2NC(C)C)CC1. The third-order valence-electron chi connectivity index (χ3n) is 6.03. The number of carbonyl (C=O) groups excluding carboxylic acids is 2. The molecule has 176 valence electrons. The van der Waals surface area contributed by atoms with Crippen LogP contribution in [-0.2, 0) is 4.79 Å². The van der Waals surface area contributed by atoms with Crippen molar-refractivity contribution in [3.05, 3.63) is 42.0 Å². The minimum absolute atomic E-state index is 0.0148. The van der Waals surface area contributed by atoms with Gasteiger partial charge in [0, 0.05) is 37.4 Å². The van der Waals surface area contributed by atoms with Crippen LogP contribution in [0.3, 0.4) is 0 Å². The molecule has 3 heterocycles. The Labute approximate surface area is 197 Å². The zero-order chi connectivity index (χ0) is 24.2. The summed E-state index contributed by atoms with van der Waals surface area (Å²) in [4.78, 5) is 33.9. The van der Waals surface area contributed by atoms with Crippen molar-refractivity contribution >= 4 is 23.1 Å². The predicted octanol–water partition coefficient (Wildman–Crippen LogP) is 2.52. The predicted molar refractivity (Wildman–Crippen MR) is 127 cm³/mol. The molecule has 0 aromatic carbocycles. The lowest BCUT2D eigenvalue weighted by molar-refractivity contribution is -0.125. The van der Waals surface area contributed by atoms with Crippen LogP contribution in [0.2, 0.25) is 0 Å². The largest absolute Gasteiger partial charge is 0.382 e. The topological polar surface area (TPSA) is 137 Å². The van der Waals surface area contributed by atoms with E-state index in [1.807, 2.05) is 26.0 Å². The zero-order valence-corrected chi connectivity index (χ0v) is 19.5. The number of pyridine rings is 1. The molecule has 34 heavy (non-hydrogen) atoms. The van der Waals surface area contributed by atoms with Crippen LogP contribution in [0, 0.1) is 17.2 Å². The highest BCUT2D eigenvalue weighted by Crippen LogP contribution is 2.28. The number of aromatic nitrogens is 4. The molecule has 10 nitrogen and oxygen atoms in total. The third kappa shape index (κ3) is 4.83. The van der Waals surface area contributed by atoms with Crippen LogP contribution < -0.4 is 16.0 Å². The molecule has 0 aliphatic heterocycles. The molecule has 0 atom stereocenters. The van der Waals surface area contributed by atoms with Crippen molar-refractivity contribution in [2.45, 2.75) is 51.6 Å². The van der Waals surface area contributed by atoms with Crippen molar-refractivity contribution in [2.24, 2.45) is 5.92 Å². The molecular weight excluding hydrogens is 432 g/mol. The maximum absolute atomic E-state index is 13.1. The molecular formula is C24H28N8O2. The van der Waals surface area contributed by atoms with Crippen LogP contribution in [-0.4, -0.2) is 50.5 Å². The summed E-state index contributed by atoms with van der Waals surface area (Å²) in [5.41, 5.74) is 3.45. The Morgan fingerprint density at radius 3 is 2.59 bits per heavy atom. The monoisotopic (exact) mass is 460 g/mol. The van der Waals surface area contributed by atoms with Gasteiger partial charge in [-0.25, -0.2) is 9.50 Å². The van der Waals surface area contributed by atoms with Gasteiger partial charge in [0.15, 0.2) is 5.65 Å². The second-order valence-corrected chi connectivity index (χ2v) is 8.83. The van der Waals surface area contributed by atoms with E-state index in [0.29, 0.717) is 33.7 Å². The average molecular weight is 461 g/mol. The molecule has 1 fully saturated rings. The smallest absolute Gasteiger partial charge is 0.255 e. The van der Waals surface area contributed by atoms with Crippen molar-refractivity contribution < 1.29 is 9.59 Å². The van der Waals surface area contributed by atoms with Gasteiger partial charge in [-0.15, -0.1) is 0 Å². The number of rotatable bonds is 6. The number of hydrogen-bond acceptors (Lipinski definition) is 7. The lowest BCUT2D eigenvalue weighted by Gasteiger charge is -2.28. The van der Waals surface area contributed by atoms with Gasteiger partial charge >= 0.3 is 0 Å². The van der Waals surface area contributed by atoms with Gasteiger partial charge < -0.3 is 16.0 Å². The van der Waals surface area contributed by atoms with Gasteiger partial charge in [0.1, 0.15) is 6.07 Å². The number of nitrogens with zero attached hydrogens (tertiary/aromatic N) is 5. The second kappa shape index (κ2) is 9.87. The summed E-state index contributed by atoms with van der Waals surface area (Å²) < 4.78 is 1.54. The van der Waals surface area contributed by atoms with Crippen LogP contribution in [0.5, 0.6) is 0 Å². The quantitative estimate of drug-likeness (QED) is 0.514. The first-order chi connectivity index (χ1) is 16.4. The average Bonchev–Trinajstić information content (AvgIpc) is 3.26. The standard InChI is InChI=1S/C24H28N8O2/c1-14(2)30-21-8-20(18-12-29-32-13-15(9-25)10-28-22(18)32)27-11-19(21)24(34)31-17-6-4-16(5-7-17)23(33)26-3/h8,10-14,16-17H,4-7H2,1-3H3,(H,26,33)(H,27,30)(H,31,34). The number of nitriles is 1. The first-order valence-electron chi connectivity index (χ1n) is 11.4. The van der Waals surface area contributed by atoms with Crippen LogP contribution >= 0.6 is 0 Å². The molecule has 3 N–H and O–H groups in total. The fourth-order valence-corrected chi connectivity index (χ4v) is 4.29. The fourth-order valence-electron chi connectivity index (χ4n) is 4.29. The molecule has 1 saturated carbocycles. The lowest BCUT2D eigenvalue weighted by atomic mass is 9.85. The first-order valence-corrected chi connectivity index (χ1v) is 11.4. The number of carbonyl (C=O) groups is 2. The minimum Gasteiger partial charge on any atom is -0.382 e. The summed E-state index contributed by atoms with van der Waals surface area (Å²) >= 11 is 0. The molecule has 10 heteroatoms. The third-order valence-corrected chi connectivity index (χ3v) is 6.03. The van der Waals surface area contributed by atoms with Crippen molar-refractivity contribution in [3.63, 3.8) is 0 Å². The highest BCUT2D eigenvalue weighted by molar-refractivity contribution is 6.00. The molecule has 2 amide bonds. The summed E-state index contributed by atoms with van der Waals surface area (Å²) in [5, 5.41) is 22.5. The molecule has 3 aromatic rings. The van der Waals surface area contributed by atoms with E-state index in [-0.39, 0.29) is 29.8 Å². The zero-order valence-electron chi connectivity index (χ0n) is 19.5. The molecule has 1 aliphatic carbocycles. The number of anilines is 1. The van der Waals surface area contributed by atoms with Gasteiger partial charge in [-0.3, -0.25) is 14.6 Å². The van der Waals surface area contributed by atoms with Crippen LogP contribution in [0.25, 0.3) is 16.9 Å². The second-order valence-electron chi connectivity index (χ2n) is 8.83. The summed E-state index contributed by atoms with van der Waals surface area (Å²) in [6, 6.07) is 4.01. The number of fused-ring (bicyclic) bond motifs is 1. The molecule has 3 aromatic heterocycles. The first kappa shape index (κ1) is 23.2. The van der Waals surface area contributed by atoms with E-state index in [1.54, 1.807) is 30.2 Å². The van der Waals surface area contributed by atoms with Crippen LogP contribution in [0.1, 0.15) is 55.5 Å². The summed E-state index contributed by atoms with van der Waals surface area (Å²) in [5.74, 6) is -0.109. The number of nitrogens with one attached hydrogen (secondary N) is 3. The van der Waals surface area contributed by atoms with Gasteiger partial charge in [-0.1, -0.05) is 0 Å². The van der Waals surface area contributed by atoms with E-state index >= 15 is 0 Å². The van der Waals surface area contributed by atoms with Gasteiger partial charge in [-0.05, 0) is 45.6 Å². The minimum atomic E-state index is -0.192. The molecule has 4 rings (SSSR count). The molecule has 0 spiro atoms. The molecule has 0 unspecified atom stereocenters. The van der Waals surface area contributed by atoms with Gasteiger partial charge in [0.2, 0.25) is 5.91 Å². The Balaban J connectivity index is 1.56. The van der Waals surface area contributed by atoms with E-state index in [1.165, 1.54) is 6.20 Å². The summed E-state index contributed by atoms with van der Waals surface area (Å²) in [6.45, 7) is 4.00. The van der Waals surface area contributed by atoms with E-state index in [2.05, 4.69) is 31.0 Å². The van der Waals surface area contributed by atoms with Crippen LogP contribution in [0.15, 0.2) is 30.9 Å². The van der Waals surface area contributed by atoms with Crippen LogP contribution in [0.4, 0.5) is 5.69 Å². The highest BCUT2D eigenvalue weighted by atomic mass is 16.2.